The van der Waals surface area contributed by atoms with E-state index in [1.807, 2.05) is 48.5 Å². The molecule has 0 radical (unpaired) electrons. The Hall–Kier alpha value is -2.60. The maximum absolute atomic E-state index is 11.9. The molecule has 0 saturated carbocycles. The van der Waals surface area contributed by atoms with Crippen molar-refractivity contribution in [3.8, 4) is 5.75 Å². The number of para-hydroxylation sites is 1. The molecule has 0 fully saturated rings. The van der Waals surface area contributed by atoms with Crippen molar-refractivity contribution in [1.82, 2.24) is 10.3 Å². The van der Waals surface area contributed by atoms with Crippen LogP contribution < -0.4 is 15.4 Å². The number of amides is 2. The predicted octanol–water partition coefficient (Wildman–Crippen LogP) is 3.67. The highest BCUT2D eigenvalue weighted by Gasteiger charge is 2.06. The van der Waals surface area contributed by atoms with Crippen LogP contribution in [0.15, 0.2) is 48.5 Å². The number of fused-ring (bicyclic) bond motifs is 1. The van der Waals surface area contributed by atoms with Gasteiger partial charge in [-0.25, -0.2) is 9.78 Å². The number of nitrogens with one attached hydrogen (secondary N) is 2. The van der Waals surface area contributed by atoms with Crippen molar-refractivity contribution in [3.05, 3.63) is 54.1 Å². The van der Waals surface area contributed by atoms with Crippen LogP contribution in [0.5, 0.6) is 5.75 Å². The number of methoxy groups -OCH3 is 1. The van der Waals surface area contributed by atoms with E-state index in [0.29, 0.717) is 11.7 Å². The molecule has 1 aromatic heterocycles. The normalized spacial score (nSPS) is 10.5. The highest BCUT2D eigenvalue weighted by Crippen LogP contribution is 2.25. The molecule has 0 bridgehead atoms. The monoisotopic (exact) mass is 327 g/mol. The van der Waals surface area contributed by atoms with E-state index in [0.717, 1.165) is 28.0 Å². The van der Waals surface area contributed by atoms with Crippen molar-refractivity contribution in [3.63, 3.8) is 0 Å². The first-order valence-corrected chi connectivity index (χ1v) is 8.09. The highest BCUT2D eigenvalue weighted by atomic mass is 32.1. The summed E-state index contributed by atoms with van der Waals surface area (Å²) in [5, 5.41) is 6.22. The number of rotatable bonds is 5. The minimum atomic E-state index is -0.238. The van der Waals surface area contributed by atoms with Crippen LogP contribution in [0.25, 0.3) is 10.2 Å². The number of hydrogen-bond acceptors (Lipinski definition) is 4. The second-order valence-corrected chi connectivity index (χ2v) is 6.00. The molecule has 0 spiro atoms. The number of carbonyl (C=O) groups excluding carboxylic acids is 1. The lowest BCUT2D eigenvalue weighted by Gasteiger charge is -2.06. The second kappa shape index (κ2) is 7.11. The van der Waals surface area contributed by atoms with Crippen LogP contribution in [0, 0.1) is 0 Å². The quantitative estimate of drug-likeness (QED) is 0.751. The van der Waals surface area contributed by atoms with Crippen molar-refractivity contribution < 1.29 is 9.53 Å². The Morgan fingerprint density at radius 2 is 1.96 bits per heavy atom. The van der Waals surface area contributed by atoms with Crippen molar-refractivity contribution in [2.45, 2.75) is 6.42 Å². The first-order chi connectivity index (χ1) is 11.2. The molecule has 0 aliphatic heterocycles. The van der Waals surface area contributed by atoms with Crippen LogP contribution in [0.3, 0.4) is 0 Å². The maximum atomic E-state index is 11.9. The summed E-state index contributed by atoms with van der Waals surface area (Å²) in [6.07, 6.45) is 0.761. The van der Waals surface area contributed by atoms with Gasteiger partial charge in [-0.15, -0.1) is 0 Å². The molecule has 0 atom stereocenters. The molecule has 0 saturated heterocycles. The average Bonchev–Trinajstić information content (AvgIpc) is 2.97. The molecule has 3 rings (SSSR count). The number of carbonyl (C=O) groups is 1. The van der Waals surface area contributed by atoms with E-state index in [2.05, 4.69) is 15.6 Å². The fraction of sp³-hybridized carbons (Fsp3) is 0.176. The molecule has 3 aromatic rings. The van der Waals surface area contributed by atoms with Crippen LogP contribution >= 0.6 is 11.3 Å². The smallest absolute Gasteiger partial charge is 0.321 e. The number of nitrogens with zero attached hydrogens (tertiary/aromatic N) is 1. The van der Waals surface area contributed by atoms with Gasteiger partial charge in [0.05, 0.1) is 17.3 Å². The summed E-state index contributed by atoms with van der Waals surface area (Å²) in [7, 11) is 1.64. The van der Waals surface area contributed by atoms with Gasteiger partial charge in [0.2, 0.25) is 0 Å². The predicted molar refractivity (Wildman–Crippen MR) is 93.3 cm³/mol. The molecule has 6 heteroatoms. The number of hydrogen-bond donors (Lipinski definition) is 2. The maximum Gasteiger partial charge on any atom is 0.321 e. The number of ether oxygens (including phenoxy) is 1. The van der Waals surface area contributed by atoms with Gasteiger partial charge in [-0.3, -0.25) is 5.32 Å². The molecule has 2 aromatic carbocycles. The standard InChI is InChI=1S/C17H17N3O2S/c1-22-13-8-6-12(7-9-13)10-11-18-16(21)20-17-19-14-4-2-3-5-15(14)23-17/h2-9H,10-11H2,1H3,(H2,18,19,20,21). The Morgan fingerprint density at radius 3 is 2.70 bits per heavy atom. The zero-order valence-corrected chi connectivity index (χ0v) is 13.5. The lowest BCUT2D eigenvalue weighted by Crippen LogP contribution is -2.30. The van der Waals surface area contributed by atoms with Gasteiger partial charge < -0.3 is 10.1 Å². The van der Waals surface area contributed by atoms with Gasteiger partial charge in [-0.2, -0.15) is 0 Å². The van der Waals surface area contributed by atoms with E-state index in [-0.39, 0.29) is 6.03 Å². The Labute approximate surface area is 138 Å². The largest absolute Gasteiger partial charge is 0.497 e. The first kappa shape index (κ1) is 15.3. The van der Waals surface area contributed by atoms with Crippen molar-refractivity contribution >= 4 is 32.7 Å². The minimum absolute atomic E-state index is 0.238. The number of aromatic nitrogens is 1. The minimum Gasteiger partial charge on any atom is -0.497 e. The summed E-state index contributed by atoms with van der Waals surface area (Å²) in [4.78, 5) is 16.3. The zero-order chi connectivity index (χ0) is 16.1. The molecule has 0 aliphatic carbocycles. The third-order valence-corrected chi connectivity index (χ3v) is 4.32. The van der Waals surface area contributed by atoms with Crippen LogP contribution in [0.4, 0.5) is 9.93 Å². The third kappa shape index (κ3) is 3.98. The molecule has 5 nitrogen and oxygen atoms in total. The summed E-state index contributed by atoms with van der Waals surface area (Å²) < 4.78 is 6.17. The summed E-state index contributed by atoms with van der Waals surface area (Å²) >= 11 is 1.46. The van der Waals surface area contributed by atoms with E-state index in [4.69, 9.17) is 4.74 Å². The molecule has 23 heavy (non-hydrogen) atoms. The van der Waals surface area contributed by atoms with Crippen molar-refractivity contribution in [2.24, 2.45) is 0 Å². The summed E-state index contributed by atoms with van der Waals surface area (Å²) in [6, 6.07) is 15.4. The van der Waals surface area contributed by atoms with Crippen LogP contribution in [-0.2, 0) is 6.42 Å². The van der Waals surface area contributed by atoms with E-state index in [1.165, 1.54) is 11.3 Å². The number of urea groups is 1. The lowest BCUT2D eigenvalue weighted by molar-refractivity contribution is 0.252. The molecule has 2 N–H and O–H groups in total. The van der Waals surface area contributed by atoms with Crippen LogP contribution in [-0.4, -0.2) is 24.7 Å². The third-order valence-electron chi connectivity index (χ3n) is 3.37. The van der Waals surface area contributed by atoms with E-state index < -0.39 is 0 Å². The summed E-state index contributed by atoms with van der Waals surface area (Å²) in [5.74, 6) is 0.829. The number of anilines is 1. The van der Waals surface area contributed by atoms with Crippen molar-refractivity contribution in [1.29, 1.82) is 0 Å². The van der Waals surface area contributed by atoms with E-state index >= 15 is 0 Å². The molecular formula is C17H17N3O2S. The van der Waals surface area contributed by atoms with Gasteiger partial charge >= 0.3 is 6.03 Å². The van der Waals surface area contributed by atoms with Gasteiger partial charge in [0.15, 0.2) is 5.13 Å². The van der Waals surface area contributed by atoms with E-state index in [9.17, 15) is 4.79 Å². The van der Waals surface area contributed by atoms with Crippen LogP contribution in [0.2, 0.25) is 0 Å². The zero-order valence-electron chi connectivity index (χ0n) is 12.7. The topological polar surface area (TPSA) is 63.2 Å². The second-order valence-electron chi connectivity index (χ2n) is 4.97. The van der Waals surface area contributed by atoms with Gasteiger partial charge in [0, 0.05) is 6.54 Å². The SMILES string of the molecule is COc1ccc(CCNC(=O)Nc2nc3ccccc3s2)cc1. The van der Waals surface area contributed by atoms with E-state index in [1.54, 1.807) is 7.11 Å². The number of thiazole rings is 1. The summed E-state index contributed by atoms with van der Waals surface area (Å²) in [5.41, 5.74) is 2.04. The Kier molecular flexibility index (Phi) is 4.73. The molecule has 118 valence electrons. The molecule has 0 aliphatic rings. The lowest BCUT2D eigenvalue weighted by atomic mass is 10.1. The van der Waals surface area contributed by atoms with Gasteiger partial charge in [-0.1, -0.05) is 35.6 Å². The van der Waals surface area contributed by atoms with Crippen molar-refractivity contribution in [2.75, 3.05) is 19.0 Å². The molecular weight excluding hydrogens is 310 g/mol. The molecule has 1 heterocycles. The summed E-state index contributed by atoms with van der Waals surface area (Å²) in [6.45, 7) is 0.559. The first-order valence-electron chi connectivity index (χ1n) is 7.28. The Balaban J connectivity index is 1.49. The fourth-order valence-electron chi connectivity index (χ4n) is 2.18. The fourth-order valence-corrected chi connectivity index (χ4v) is 3.04. The molecule has 2 amide bonds. The number of benzene rings is 2. The Bertz CT molecular complexity index is 766. The highest BCUT2D eigenvalue weighted by molar-refractivity contribution is 7.22. The Morgan fingerprint density at radius 1 is 1.17 bits per heavy atom. The molecule has 0 unspecified atom stereocenters. The van der Waals surface area contributed by atoms with Crippen LogP contribution in [0.1, 0.15) is 5.56 Å². The van der Waals surface area contributed by atoms with Gasteiger partial charge in [0.1, 0.15) is 5.75 Å². The van der Waals surface area contributed by atoms with Gasteiger partial charge in [-0.05, 0) is 36.2 Å². The average molecular weight is 327 g/mol. The van der Waals surface area contributed by atoms with Gasteiger partial charge in [0.25, 0.3) is 0 Å².